The highest BCUT2D eigenvalue weighted by molar-refractivity contribution is 6.45. The lowest BCUT2D eigenvalue weighted by Crippen LogP contribution is -2.18. The predicted octanol–water partition coefficient (Wildman–Crippen LogP) is 1.51. The summed E-state index contributed by atoms with van der Waals surface area (Å²) in [6.45, 7) is 7.30. The van der Waals surface area contributed by atoms with Gasteiger partial charge in [-0.3, -0.25) is 0 Å². The fraction of sp³-hybridized carbons (Fsp3) is 0.429. The Labute approximate surface area is 62.7 Å². The molecule has 0 radical (unpaired) electrons. The van der Waals surface area contributed by atoms with E-state index in [0.29, 0.717) is 6.32 Å². The van der Waals surface area contributed by atoms with Crippen molar-refractivity contribution in [3.63, 3.8) is 0 Å². The lowest BCUT2D eigenvalue weighted by molar-refractivity contribution is 0.280. The summed E-state index contributed by atoms with van der Waals surface area (Å²) in [5.74, 6) is 0. The average Bonchev–Trinajstić information content (AvgIpc) is 1.99. The molecule has 0 fully saturated rings. The molecule has 0 aromatic rings. The molecule has 0 aromatic carbocycles. The topological polar surface area (TPSA) is 18.5 Å². The highest BCUT2D eigenvalue weighted by Gasteiger charge is 2.13. The fourth-order valence-corrected chi connectivity index (χ4v) is 0.560. The third kappa shape index (κ3) is 3.48. The zero-order chi connectivity index (χ0) is 7.98. The molecule has 0 aliphatic rings. The van der Waals surface area contributed by atoms with Crippen molar-refractivity contribution in [2.45, 2.75) is 6.32 Å². The van der Waals surface area contributed by atoms with Crippen molar-refractivity contribution >= 4 is 7.12 Å². The zero-order valence-electron chi connectivity index (χ0n) is 6.59. The van der Waals surface area contributed by atoms with Crippen molar-refractivity contribution in [1.29, 1.82) is 0 Å². The van der Waals surface area contributed by atoms with Gasteiger partial charge in [0.25, 0.3) is 0 Å². The van der Waals surface area contributed by atoms with Gasteiger partial charge in [0.15, 0.2) is 0 Å². The molecule has 0 unspecified atom stereocenters. The van der Waals surface area contributed by atoms with Crippen LogP contribution in [0.5, 0.6) is 0 Å². The smallest absolute Gasteiger partial charge is 0.414 e. The third-order valence-corrected chi connectivity index (χ3v) is 1.24. The summed E-state index contributed by atoms with van der Waals surface area (Å²) in [4.78, 5) is 0. The average molecular weight is 140 g/mol. The molecular weight excluding hydrogens is 127 g/mol. The van der Waals surface area contributed by atoms with Gasteiger partial charge >= 0.3 is 7.12 Å². The maximum atomic E-state index is 4.94. The van der Waals surface area contributed by atoms with Crippen LogP contribution in [0, 0.1) is 0 Å². The van der Waals surface area contributed by atoms with Crippen LogP contribution >= 0.6 is 0 Å². The first-order valence-electron chi connectivity index (χ1n) is 3.10. The molecule has 0 saturated heterocycles. The molecular formula is C7H13BO2. The number of hydrogen-bond donors (Lipinski definition) is 0. The second-order valence-corrected chi connectivity index (χ2v) is 1.97. The van der Waals surface area contributed by atoms with Gasteiger partial charge in [-0.15, -0.1) is 0 Å². The number of rotatable bonds is 5. The normalized spacial score (nSPS) is 9.00. The van der Waals surface area contributed by atoms with Crippen molar-refractivity contribution in [3.05, 3.63) is 24.8 Å². The quantitative estimate of drug-likeness (QED) is 0.425. The molecule has 10 heavy (non-hydrogen) atoms. The van der Waals surface area contributed by atoms with Crippen LogP contribution in [0.4, 0.5) is 0 Å². The van der Waals surface area contributed by atoms with E-state index >= 15 is 0 Å². The van der Waals surface area contributed by atoms with Crippen LogP contribution in [0.2, 0.25) is 6.32 Å². The lowest BCUT2D eigenvalue weighted by atomic mass is 9.81. The van der Waals surface area contributed by atoms with Gasteiger partial charge in [-0.1, -0.05) is 24.8 Å². The first-order chi connectivity index (χ1) is 4.74. The Hall–Kier alpha value is -0.535. The van der Waals surface area contributed by atoms with Crippen LogP contribution in [0.15, 0.2) is 24.8 Å². The van der Waals surface area contributed by atoms with Crippen LogP contribution in [-0.2, 0) is 9.31 Å². The van der Waals surface area contributed by atoms with Crippen LogP contribution in [0.3, 0.4) is 0 Å². The Morgan fingerprint density at radius 3 is 2.30 bits per heavy atom. The second-order valence-electron chi connectivity index (χ2n) is 1.97. The summed E-state index contributed by atoms with van der Waals surface area (Å²) < 4.78 is 9.88. The van der Waals surface area contributed by atoms with Gasteiger partial charge in [0.05, 0.1) is 0 Å². The number of hydrogen-bond acceptors (Lipinski definition) is 2. The summed E-state index contributed by atoms with van der Waals surface area (Å²) in [5, 5.41) is 0. The largest absolute Gasteiger partial charge is 0.461 e. The minimum atomic E-state index is -0.189. The van der Waals surface area contributed by atoms with Crippen molar-refractivity contribution in [2.75, 3.05) is 14.2 Å². The van der Waals surface area contributed by atoms with Gasteiger partial charge in [-0.25, -0.2) is 0 Å². The molecule has 0 heterocycles. The van der Waals surface area contributed by atoms with E-state index in [0.717, 1.165) is 5.57 Å². The molecule has 0 rings (SSSR count). The van der Waals surface area contributed by atoms with E-state index in [1.807, 2.05) is 0 Å². The minimum Gasteiger partial charge on any atom is -0.414 e. The standard InChI is InChI=1S/C7H13BO2/c1-5-7(2)6-8(9-3)10-4/h5H,1-2,6H2,3-4H3. The van der Waals surface area contributed by atoms with Gasteiger partial charge in [0.2, 0.25) is 0 Å². The van der Waals surface area contributed by atoms with Crippen LogP contribution in [-0.4, -0.2) is 21.3 Å². The van der Waals surface area contributed by atoms with Crippen LogP contribution in [0.25, 0.3) is 0 Å². The lowest BCUT2D eigenvalue weighted by Gasteiger charge is -2.06. The summed E-state index contributed by atoms with van der Waals surface area (Å²) >= 11 is 0. The van der Waals surface area contributed by atoms with E-state index in [-0.39, 0.29) is 7.12 Å². The van der Waals surface area contributed by atoms with Crippen molar-refractivity contribution in [3.8, 4) is 0 Å². The fourth-order valence-electron chi connectivity index (χ4n) is 0.560. The molecule has 2 nitrogen and oxygen atoms in total. The van der Waals surface area contributed by atoms with E-state index in [1.165, 1.54) is 0 Å². The van der Waals surface area contributed by atoms with Gasteiger partial charge < -0.3 is 9.31 Å². The Balaban J connectivity index is 3.62. The molecule has 0 bridgehead atoms. The van der Waals surface area contributed by atoms with Gasteiger partial charge in [-0.05, 0) is 0 Å². The summed E-state index contributed by atoms with van der Waals surface area (Å²) in [5.41, 5.74) is 0.925. The first-order valence-corrected chi connectivity index (χ1v) is 3.10. The van der Waals surface area contributed by atoms with Crippen molar-refractivity contribution in [1.82, 2.24) is 0 Å². The molecule has 0 atom stereocenters. The van der Waals surface area contributed by atoms with Gasteiger partial charge in [0.1, 0.15) is 0 Å². The molecule has 0 saturated carbocycles. The van der Waals surface area contributed by atoms with Gasteiger partial charge in [-0.2, -0.15) is 0 Å². The highest BCUT2D eigenvalue weighted by Crippen LogP contribution is 2.04. The van der Waals surface area contributed by atoms with E-state index in [2.05, 4.69) is 13.2 Å². The Bertz CT molecular complexity index is 119. The third-order valence-electron chi connectivity index (χ3n) is 1.24. The van der Waals surface area contributed by atoms with E-state index in [4.69, 9.17) is 9.31 Å². The molecule has 56 valence electrons. The Kier molecular flexibility index (Phi) is 4.98. The molecule has 0 amide bonds. The first kappa shape index (κ1) is 9.46. The zero-order valence-corrected chi connectivity index (χ0v) is 6.59. The van der Waals surface area contributed by atoms with E-state index in [9.17, 15) is 0 Å². The molecule has 0 N–H and O–H groups in total. The second kappa shape index (κ2) is 5.27. The molecule has 0 aliphatic carbocycles. The highest BCUT2D eigenvalue weighted by atomic mass is 16.6. The molecule has 0 aromatic heterocycles. The van der Waals surface area contributed by atoms with Gasteiger partial charge in [0, 0.05) is 20.5 Å². The van der Waals surface area contributed by atoms with Crippen LogP contribution in [0.1, 0.15) is 0 Å². The number of allylic oxidation sites excluding steroid dienone is 2. The molecule has 0 spiro atoms. The monoisotopic (exact) mass is 140 g/mol. The maximum absolute atomic E-state index is 4.94. The minimum absolute atomic E-state index is 0.189. The molecule has 3 heteroatoms. The SMILES string of the molecule is C=CC(=C)CB(OC)OC. The predicted molar refractivity (Wildman–Crippen MR) is 43.9 cm³/mol. The summed E-state index contributed by atoms with van der Waals surface area (Å²) in [6, 6.07) is 0. The summed E-state index contributed by atoms with van der Waals surface area (Å²) in [7, 11) is 3.01. The molecule has 0 aliphatic heterocycles. The Morgan fingerprint density at radius 2 is 2.00 bits per heavy atom. The maximum Gasteiger partial charge on any atom is 0.461 e. The van der Waals surface area contributed by atoms with E-state index < -0.39 is 0 Å². The van der Waals surface area contributed by atoms with Crippen LogP contribution < -0.4 is 0 Å². The van der Waals surface area contributed by atoms with Crippen molar-refractivity contribution in [2.24, 2.45) is 0 Å². The van der Waals surface area contributed by atoms with Crippen molar-refractivity contribution < 1.29 is 9.31 Å². The summed E-state index contributed by atoms with van der Waals surface area (Å²) in [6.07, 6.45) is 2.38. The Morgan fingerprint density at radius 1 is 1.50 bits per heavy atom. The van der Waals surface area contributed by atoms with E-state index in [1.54, 1.807) is 20.3 Å².